The van der Waals surface area contributed by atoms with Gasteiger partial charge in [0.15, 0.2) is 0 Å². The highest BCUT2D eigenvalue weighted by Gasteiger charge is 2.08. The maximum Gasteiger partial charge on any atom is 0.123 e. The zero-order chi connectivity index (χ0) is 14.8. The van der Waals surface area contributed by atoms with E-state index in [1.807, 2.05) is 37.3 Å². The second-order valence-corrected chi connectivity index (χ2v) is 4.79. The van der Waals surface area contributed by atoms with Crippen LogP contribution in [0.5, 0.6) is 5.75 Å². The molecule has 0 aliphatic carbocycles. The molecule has 0 spiro atoms. The number of benzene rings is 2. The molecule has 0 N–H and O–H groups in total. The molecule has 3 aromatic rings. The summed E-state index contributed by atoms with van der Waals surface area (Å²) in [4.78, 5) is 0. The Bertz CT molecular complexity index is 745. The van der Waals surface area contributed by atoms with Crippen LogP contribution in [0.3, 0.4) is 0 Å². The van der Waals surface area contributed by atoms with Crippen LogP contribution >= 0.6 is 0 Å². The minimum atomic E-state index is -0.251. The van der Waals surface area contributed by atoms with Crippen LogP contribution < -0.4 is 4.74 Å². The van der Waals surface area contributed by atoms with Crippen LogP contribution in [0.25, 0.3) is 16.9 Å². The fraction of sp³-hybridized carbons (Fsp3) is 0.118. The lowest BCUT2D eigenvalue weighted by molar-refractivity contribution is 0.415. The molecule has 106 valence electrons. The summed E-state index contributed by atoms with van der Waals surface area (Å²) >= 11 is 0. The number of halogens is 1. The maximum atomic E-state index is 13.0. The lowest BCUT2D eigenvalue weighted by Gasteiger charge is -2.04. The van der Waals surface area contributed by atoms with E-state index in [-0.39, 0.29) is 5.82 Å². The standard InChI is InChI=1S/C17H15FN2O/c1-12-11-17(13-3-9-16(21-2)10-4-13)19-20(12)15-7-5-14(18)6-8-15/h3-11H,1-2H3. The zero-order valence-electron chi connectivity index (χ0n) is 11.9. The summed E-state index contributed by atoms with van der Waals surface area (Å²) in [6.45, 7) is 1.98. The molecule has 2 aromatic carbocycles. The Morgan fingerprint density at radius 3 is 2.29 bits per heavy atom. The van der Waals surface area contributed by atoms with Crippen molar-refractivity contribution in [3.05, 3.63) is 66.1 Å². The number of rotatable bonds is 3. The SMILES string of the molecule is COc1ccc(-c2cc(C)n(-c3ccc(F)cc3)n2)cc1. The molecule has 0 amide bonds. The van der Waals surface area contributed by atoms with E-state index >= 15 is 0 Å². The van der Waals surface area contributed by atoms with Crippen LogP contribution in [0.2, 0.25) is 0 Å². The van der Waals surface area contributed by atoms with Crippen molar-refractivity contribution in [3.8, 4) is 22.7 Å². The van der Waals surface area contributed by atoms with Gasteiger partial charge in [0.1, 0.15) is 11.6 Å². The van der Waals surface area contributed by atoms with Crippen LogP contribution in [0.15, 0.2) is 54.6 Å². The number of nitrogens with zero attached hydrogens (tertiary/aromatic N) is 2. The van der Waals surface area contributed by atoms with Gasteiger partial charge in [0.25, 0.3) is 0 Å². The molecule has 4 heteroatoms. The average Bonchev–Trinajstić information content (AvgIpc) is 2.90. The van der Waals surface area contributed by atoms with Crippen molar-refractivity contribution < 1.29 is 9.13 Å². The molecule has 0 aliphatic heterocycles. The molecule has 0 radical (unpaired) electrons. The first-order chi connectivity index (χ1) is 10.2. The van der Waals surface area contributed by atoms with Crippen LogP contribution in [-0.2, 0) is 0 Å². The number of aryl methyl sites for hydroxylation is 1. The minimum Gasteiger partial charge on any atom is -0.497 e. The summed E-state index contributed by atoms with van der Waals surface area (Å²) in [5.74, 6) is 0.562. The van der Waals surface area contributed by atoms with E-state index < -0.39 is 0 Å². The van der Waals surface area contributed by atoms with Gasteiger partial charge < -0.3 is 4.74 Å². The van der Waals surface area contributed by atoms with Crippen molar-refractivity contribution in [1.29, 1.82) is 0 Å². The van der Waals surface area contributed by atoms with Gasteiger partial charge in [-0.25, -0.2) is 9.07 Å². The Morgan fingerprint density at radius 2 is 1.67 bits per heavy atom. The van der Waals surface area contributed by atoms with Crippen LogP contribution in [0.4, 0.5) is 4.39 Å². The fourth-order valence-electron chi connectivity index (χ4n) is 2.22. The van der Waals surface area contributed by atoms with E-state index in [0.29, 0.717) is 0 Å². The van der Waals surface area contributed by atoms with E-state index in [4.69, 9.17) is 4.74 Å². The molecular formula is C17H15FN2O. The van der Waals surface area contributed by atoms with Crippen molar-refractivity contribution in [2.24, 2.45) is 0 Å². The Balaban J connectivity index is 1.98. The summed E-state index contributed by atoms with van der Waals surface area (Å²) < 4.78 is 20.0. The van der Waals surface area contributed by atoms with Crippen molar-refractivity contribution in [2.45, 2.75) is 6.92 Å². The predicted octanol–water partition coefficient (Wildman–Crippen LogP) is 4.00. The fourth-order valence-corrected chi connectivity index (χ4v) is 2.22. The monoisotopic (exact) mass is 282 g/mol. The molecule has 0 atom stereocenters. The van der Waals surface area contributed by atoms with Crippen LogP contribution in [-0.4, -0.2) is 16.9 Å². The smallest absolute Gasteiger partial charge is 0.123 e. The van der Waals surface area contributed by atoms with E-state index in [2.05, 4.69) is 5.10 Å². The molecule has 3 rings (SSSR count). The number of hydrogen-bond acceptors (Lipinski definition) is 2. The van der Waals surface area contributed by atoms with Gasteiger partial charge in [-0.1, -0.05) is 0 Å². The van der Waals surface area contributed by atoms with Crippen molar-refractivity contribution in [1.82, 2.24) is 9.78 Å². The van der Waals surface area contributed by atoms with Gasteiger partial charge in [0.05, 0.1) is 18.5 Å². The van der Waals surface area contributed by atoms with Gasteiger partial charge in [-0.2, -0.15) is 5.10 Å². The lowest BCUT2D eigenvalue weighted by atomic mass is 10.1. The average molecular weight is 282 g/mol. The first kappa shape index (κ1) is 13.4. The third kappa shape index (κ3) is 2.65. The van der Waals surface area contributed by atoms with Gasteiger partial charge in [0.2, 0.25) is 0 Å². The number of hydrogen-bond donors (Lipinski definition) is 0. The molecule has 1 heterocycles. The number of ether oxygens (including phenoxy) is 1. The summed E-state index contributed by atoms with van der Waals surface area (Å²) in [6, 6.07) is 16.0. The highest BCUT2D eigenvalue weighted by molar-refractivity contribution is 5.61. The van der Waals surface area contributed by atoms with E-state index in [0.717, 1.165) is 28.4 Å². The summed E-state index contributed by atoms with van der Waals surface area (Å²) in [5, 5.41) is 4.59. The Kier molecular flexibility index (Phi) is 3.44. The first-order valence-corrected chi connectivity index (χ1v) is 6.64. The van der Waals surface area contributed by atoms with Gasteiger partial charge in [0, 0.05) is 11.3 Å². The first-order valence-electron chi connectivity index (χ1n) is 6.64. The van der Waals surface area contributed by atoms with Crippen molar-refractivity contribution in [3.63, 3.8) is 0 Å². The topological polar surface area (TPSA) is 27.1 Å². The van der Waals surface area contributed by atoms with Gasteiger partial charge in [-0.3, -0.25) is 0 Å². The van der Waals surface area contributed by atoms with E-state index in [1.165, 1.54) is 12.1 Å². The molecule has 0 saturated heterocycles. The van der Waals surface area contributed by atoms with Crippen molar-refractivity contribution in [2.75, 3.05) is 7.11 Å². The van der Waals surface area contributed by atoms with Crippen LogP contribution in [0, 0.1) is 12.7 Å². The predicted molar refractivity (Wildman–Crippen MR) is 80.2 cm³/mol. The minimum absolute atomic E-state index is 0.251. The maximum absolute atomic E-state index is 13.0. The number of methoxy groups -OCH3 is 1. The quantitative estimate of drug-likeness (QED) is 0.726. The zero-order valence-corrected chi connectivity index (χ0v) is 11.9. The van der Waals surface area contributed by atoms with E-state index in [9.17, 15) is 4.39 Å². The van der Waals surface area contributed by atoms with Crippen molar-refractivity contribution >= 4 is 0 Å². The molecule has 3 nitrogen and oxygen atoms in total. The Hall–Kier alpha value is -2.62. The van der Waals surface area contributed by atoms with E-state index in [1.54, 1.807) is 23.9 Å². The molecule has 0 aliphatic rings. The largest absolute Gasteiger partial charge is 0.497 e. The molecule has 21 heavy (non-hydrogen) atoms. The summed E-state index contributed by atoms with van der Waals surface area (Å²) in [7, 11) is 1.64. The molecule has 0 bridgehead atoms. The van der Waals surface area contributed by atoms with Crippen LogP contribution in [0.1, 0.15) is 5.69 Å². The molecule has 0 fully saturated rings. The highest BCUT2D eigenvalue weighted by atomic mass is 19.1. The number of aromatic nitrogens is 2. The second kappa shape index (κ2) is 5.40. The molecule has 0 unspecified atom stereocenters. The van der Waals surface area contributed by atoms with Gasteiger partial charge in [-0.15, -0.1) is 0 Å². The third-order valence-electron chi connectivity index (χ3n) is 3.34. The van der Waals surface area contributed by atoms with Gasteiger partial charge in [-0.05, 0) is 61.5 Å². The summed E-state index contributed by atoms with van der Waals surface area (Å²) in [5.41, 5.74) is 3.72. The summed E-state index contributed by atoms with van der Waals surface area (Å²) in [6.07, 6.45) is 0. The van der Waals surface area contributed by atoms with Gasteiger partial charge >= 0.3 is 0 Å². The highest BCUT2D eigenvalue weighted by Crippen LogP contribution is 2.23. The second-order valence-electron chi connectivity index (χ2n) is 4.79. The molecular weight excluding hydrogens is 267 g/mol. The normalized spacial score (nSPS) is 10.6. The molecule has 0 saturated carbocycles. The Labute approximate surface area is 122 Å². The Morgan fingerprint density at radius 1 is 1.00 bits per heavy atom. The third-order valence-corrected chi connectivity index (χ3v) is 3.34. The lowest BCUT2D eigenvalue weighted by Crippen LogP contribution is -1.98. The molecule has 1 aromatic heterocycles.